The molecular weight excluding hydrogens is 484 g/mol. The number of anilines is 3. The molecule has 0 fully saturated rings. The summed E-state index contributed by atoms with van der Waals surface area (Å²) in [4.78, 5) is 11.5. The predicted octanol–water partition coefficient (Wildman–Crippen LogP) is 3.88. The lowest BCUT2D eigenvalue weighted by atomic mass is 9.99. The highest BCUT2D eigenvalue weighted by Crippen LogP contribution is 2.31. The van der Waals surface area contributed by atoms with Crippen LogP contribution in [0.2, 0.25) is 0 Å². The van der Waals surface area contributed by atoms with Gasteiger partial charge in [0.05, 0.1) is 10.6 Å². The van der Waals surface area contributed by atoms with Crippen molar-refractivity contribution in [3.63, 3.8) is 0 Å². The van der Waals surface area contributed by atoms with Gasteiger partial charge < -0.3 is 16.8 Å². The standard InChI is InChI=1S/C28H30N6O2S/c1-37(35,36)24-12-6-19(7-13-24)16-31-23-10-8-21(9-11-23)26-25(32-28(30)33-27(26)29)18-34-15-14-20-4-2-3-5-22(20)17-34/h2-13,31H,14-18H2,1H3,(H4,29,30,32,33). The molecule has 4 aromatic rings. The number of sulfone groups is 1. The summed E-state index contributed by atoms with van der Waals surface area (Å²) >= 11 is 0. The van der Waals surface area contributed by atoms with E-state index in [-0.39, 0.29) is 5.95 Å². The van der Waals surface area contributed by atoms with E-state index in [1.807, 2.05) is 36.4 Å². The Labute approximate surface area is 217 Å². The zero-order chi connectivity index (χ0) is 26.0. The minimum absolute atomic E-state index is 0.175. The highest BCUT2D eigenvalue weighted by atomic mass is 32.2. The average molecular weight is 515 g/mol. The first-order valence-electron chi connectivity index (χ1n) is 12.1. The van der Waals surface area contributed by atoms with E-state index in [9.17, 15) is 8.42 Å². The molecule has 190 valence electrons. The van der Waals surface area contributed by atoms with E-state index in [1.165, 1.54) is 17.4 Å². The second kappa shape index (κ2) is 10.2. The monoisotopic (exact) mass is 514 g/mol. The molecule has 1 aliphatic rings. The highest BCUT2D eigenvalue weighted by Gasteiger charge is 2.20. The van der Waals surface area contributed by atoms with Crippen LogP contribution in [0, 0.1) is 0 Å². The molecule has 37 heavy (non-hydrogen) atoms. The van der Waals surface area contributed by atoms with E-state index < -0.39 is 9.84 Å². The van der Waals surface area contributed by atoms with E-state index >= 15 is 0 Å². The first kappa shape index (κ1) is 24.7. The number of hydrogen-bond donors (Lipinski definition) is 3. The van der Waals surface area contributed by atoms with Crippen LogP contribution in [0.25, 0.3) is 11.1 Å². The van der Waals surface area contributed by atoms with Gasteiger partial charge in [-0.25, -0.2) is 13.4 Å². The third-order valence-corrected chi connectivity index (χ3v) is 7.76. The molecule has 1 aromatic heterocycles. The van der Waals surface area contributed by atoms with Crippen molar-refractivity contribution in [1.82, 2.24) is 14.9 Å². The van der Waals surface area contributed by atoms with E-state index in [0.29, 0.717) is 23.8 Å². The van der Waals surface area contributed by atoms with E-state index in [1.54, 1.807) is 12.1 Å². The van der Waals surface area contributed by atoms with Crippen molar-refractivity contribution in [2.45, 2.75) is 31.0 Å². The summed E-state index contributed by atoms with van der Waals surface area (Å²) in [6.45, 7) is 2.99. The molecule has 0 amide bonds. The number of aromatic nitrogens is 2. The molecule has 0 saturated carbocycles. The van der Waals surface area contributed by atoms with Crippen molar-refractivity contribution in [3.8, 4) is 11.1 Å². The van der Waals surface area contributed by atoms with Crippen LogP contribution in [0.1, 0.15) is 22.4 Å². The Hall–Kier alpha value is -3.95. The van der Waals surface area contributed by atoms with Crippen molar-refractivity contribution < 1.29 is 8.42 Å². The molecular formula is C28H30N6O2S. The third-order valence-electron chi connectivity index (χ3n) is 6.63. The summed E-state index contributed by atoms with van der Waals surface area (Å²) in [5, 5.41) is 3.37. The van der Waals surface area contributed by atoms with Crippen LogP contribution in [0.4, 0.5) is 17.5 Å². The predicted molar refractivity (Wildman–Crippen MR) is 147 cm³/mol. The lowest BCUT2D eigenvalue weighted by Gasteiger charge is -2.29. The highest BCUT2D eigenvalue weighted by molar-refractivity contribution is 7.90. The van der Waals surface area contributed by atoms with Crippen LogP contribution in [0.5, 0.6) is 0 Å². The topological polar surface area (TPSA) is 127 Å². The molecule has 3 aromatic carbocycles. The molecule has 2 heterocycles. The smallest absolute Gasteiger partial charge is 0.222 e. The number of nitrogen functional groups attached to an aromatic ring is 2. The Morgan fingerprint density at radius 2 is 1.62 bits per heavy atom. The SMILES string of the molecule is CS(=O)(=O)c1ccc(CNc2ccc(-c3c(N)nc(N)nc3CN3CCc4ccccc4C3)cc2)cc1. The zero-order valence-electron chi connectivity index (χ0n) is 20.7. The molecule has 0 atom stereocenters. The number of nitrogens with two attached hydrogens (primary N) is 2. The normalized spacial score (nSPS) is 13.8. The summed E-state index contributed by atoms with van der Waals surface area (Å²) in [6.07, 6.45) is 2.20. The maximum atomic E-state index is 11.7. The average Bonchev–Trinajstić information content (AvgIpc) is 2.87. The van der Waals surface area contributed by atoms with Gasteiger partial charge in [-0.15, -0.1) is 0 Å². The van der Waals surface area contributed by atoms with Gasteiger partial charge in [0.25, 0.3) is 0 Å². The molecule has 0 saturated heterocycles. The third kappa shape index (κ3) is 5.73. The Morgan fingerprint density at radius 1 is 0.919 bits per heavy atom. The molecule has 8 nitrogen and oxygen atoms in total. The van der Waals surface area contributed by atoms with Crippen LogP contribution in [-0.2, 0) is 35.9 Å². The lowest BCUT2D eigenvalue weighted by molar-refractivity contribution is 0.243. The molecule has 5 N–H and O–H groups in total. The van der Waals surface area contributed by atoms with E-state index in [4.69, 9.17) is 11.5 Å². The number of rotatable bonds is 7. The van der Waals surface area contributed by atoms with Crippen LogP contribution in [0.3, 0.4) is 0 Å². The van der Waals surface area contributed by atoms with Gasteiger partial charge in [-0.3, -0.25) is 4.90 Å². The van der Waals surface area contributed by atoms with Crippen molar-refractivity contribution in [2.75, 3.05) is 29.6 Å². The fraction of sp³-hybridized carbons (Fsp3) is 0.214. The van der Waals surface area contributed by atoms with Crippen molar-refractivity contribution in [3.05, 3.63) is 95.2 Å². The number of benzene rings is 3. The minimum atomic E-state index is -3.20. The molecule has 0 spiro atoms. The molecule has 0 radical (unpaired) electrons. The molecule has 0 aliphatic carbocycles. The first-order valence-corrected chi connectivity index (χ1v) is 14.0. The van der Waals surface area contributed by atoms with Gasteiger partial charge in [-0.1, -0.05) is 48.5 Å². The van der Waals surface area contributed by atoms with Crippen LogP contribution in [-0.4, -0.2) is 36.1 Å². The lowest BCUT2D eigenvalue weighted by Crippen LogP contribution is -2.30. The van der Waals surface area contributed by atoms with Crippen LogP contribution < -0.4 is 16.8 Å². The fourth-order valence-electron chi connectivity index (χ4n) is 4.69. The van der Waals surface area contributed by atoms with Crippen LogP contribution >= 0.6 is 0 Å². The van der Waals surface area contributed by atoms with E-state index in [2.05, 4.69) is 44.5 Å². The second-order valence-corrected chi connectivity index (χ2v) is 11.4. The van der Waals surface area contributed by atoms with Gasteiger partial charge in [0, 0.05) is 43.7 Å². The summed E-state index contributed by atoms with van der Waals surface area (Å²) in [5.41, 5.74) is 19.5. The molecule has 9 heteroatoms. The maximum Gasteiger partial charge on any atom is 0.222 e. The summed E-state index contributed by atoms with van der Waals surface area (Å²) in [6, 6.07) is 23.4. The van der Waals surface area contributed by atoms with Gasteiger partial charge in [-0.05, 0) is 52.9 Å². The molecule has 5 rings (SSSR count). The van der Waals surface area contributed by atoms with Gasteiger partial charge in [0.15, 0.2) is 9.84 Å². The number of nitrogens with zero attached hydrogens (tertiary/aromatic N) is 3. The molecule has 0 bridgehead atoms. The van der Waals surface area contributed by atoms with Gasteiger partial charge >= 0.3 is 0 Å². The molecule has 0 unspecified atom stereocenters. The quantitative estimate of drug-likeness (QED) is 0.339. The Kier molecular flexibility index (Phi) is 6.82. The minimum Gasteiger partial charge on any atom is -0.383 e. The van der Waals surface area contributed by atoms with Crippen molar-refractivity contribution >= 4 is 27.3 Å². The Balaban J connectivity index is 1.31. The van der Waals surface area contributed by atoms with Crippen LogP contribution in [0.15, 0.2) is 77.7 Å². The maximum absolute atomic E-state index is 11.7. The van der Waals surface area contributed by atoms with Gasteiger partial charge in [-0.2, -0.15) is 4.98 Å². The van der Waals surface area contributed by atoms with Gasteiger partial charge in [0.1, 0.15) is 5.82 Å². The second-order valence-electron chi connectivity index (χ2n) is 9.37. The van der Waals surface area contributed by atoms with E-state index in [0.717, 1.165) is 47.6 Å². The first-order chi connectivity index (χ1) is 17.8. The molecule has 1 aliphatic heterocycles. The summed E-state index contributed by atoms with van der Waals surface area (Å²) in [7, 11) is -3.20. The van der Waals surface area contributed by atoms with Crippen molar-refractivity contribution in [1.29, 1.82) is 0 Å². The number of fused-ring (bicyclic) bond motifs is 1. The Morgan fingerprint density at radius 3 is 2.32 bits per heavy atom. The summed E-state index contributed by atoms with van der Waals surface area (Å²) in [5.74, 6) is 0.542. The number of hydrogen-bond acceptors (Lipinski definition) is 8. The Bertz CT molecular complexity index is 1520. The van der Waals surface area contributed by atoms with Gasteiger partial charge in [0.2, 0.25) is 5.95 Å². The largest absolute Gasteiger partial charge is 0.383 e. The van der Waals surface area contributed by atoms with Crippen molar-refractivity contribution in [2.24, 2.45) is 0 Å². The number of nitrogens with one attached hydrogen (secondary N) is 1. The zero-order valence-corrected chi connectivity index (χ0v) is 21.5. The summed E-state index contributed by atoms with van der Waals surface area (Å²) < 4.78 is 23.3. The fourth-order valence-corrected chi connectivity index (χ4v) is 5.32.